The Balaban J connectivity index is 1.56. The Hall–Kier alpha value is -1.31. The van der Waals surface area contributed by atoms with Crippen LogP contribution in [0.15, 0.2) is 63.0 Å². The summed E-state index contributed by atoms with van der Waals surface area (Å²) in [5.41, 5.74) is -0.383. The van der Waals surface area contributed by atoms with Crippen LogP contribution >= 0.6 is 43.2 Å². The molecule has 1 fully saturated rings. The number of benzene rings is 1. The number of nitrogens with one attached hydrogen (secondary N) is 1. The Labute approximate surface area is 159 Å². The van der Waals surface area contributed by atoms with Crippen LogP contribution in [-0.4, -0.2) is 16.6 Å². The van der Waals surface area contributed by atoms with Gasteiger partial charge in [-0.3, -0.25) is 10.1 Å². The highest BCUT2D eigenvalue weighted by molar-refractivity contribution is 9.13. The number of halogens is 3. The fourth-order valence-corrected chi connectivity index (χ4v) is 3.53. The fourth-order valence-electron chi connectivity index (χ4n) is 2.35. The van der Waals surface area contributed by atoms with Gasteiger partial charge in [-0.15, -0.1) is 11.3 Å². The highest BCUT2D eigenvalue weighted by Crippen LogP contribution is 2.56. The molecule has 0 spiro atoms. The molecule has 1 N–H and O–H groups in total. The third-order valence-electron chi connectivity index (χ3n) is 3.68. The minimum Gasteiger partial charge on any atom is -0.298 e. The molecule has 1 heterocycles. The number of anilines is 1. The molecule has 2 unspecified atom stereocenters. The van der Waals surface area contributed by atoms with Crippen LogP contribution in [0.1, 0.15) is 17.9 Å². The smallest absolute Gasteiger partial charge is 0.250 e. The second-order valence-corrected chi connectivity index (χ2v) is 8.01. The third-order valence-corrected chi connectivity index (χ3v) is 6.24. The highest BCUT2D eigenvalue weighted by Gasteiger charge is 2.54. The van der Waals surface area contributed by atoms with Crippen LogP contribution in [0, 0.1) is 0 Å². The number of nitrogens with zero attached hydrogens (tertiary/aromatic N) is 1. The Morgan fingerprint density at radius 1 is 1.38 bits per heavy atom. The summed E-state index contributed by atoms with van der Waals surface area (Å²) in [6.07, 6.45) is 8.06. The van der Waals surface area contributed by atoms with Gasteiger partial charge in [0.15, 0.2) is 5.13 Å². The number of amides is 1. The second kappa shape index (κ2) is 7.29. The maximum Gasteiger partial charge on any atom is 0.250 e. The van der Waals surface area contributed by atoms with Crippen LogP contribution in [0.25, 0.3) is 0 Å². The summed E-state index contributed by atoms with van der Waals surface area (Å²) in [6, 6.07) is 5.76. The van der Waals surface area contributed by atoms with E-state index in [2.05, 4.69) is 42.2 Å². The Morgan fingerprint density at radius 2 is 2.21 bits per heavy atom. The van der Waals surface area contributed by atoms with E-state index in [1.165, 1.54) is 29.6 Å². The van der Waals surface area contributed by atoms with Gasteiger partial charge in [0.05, 0.1) is 0 Å². The number of rotatable bonds is 5. The lowest BCUT2D eigenvalue weighted by Gasteiger charge is -2.04. The van der Waals surface area contributed by atoms with Gasteiger partial charge in [-0.05, 0) is 62.1 Å². The Kier molecular flexibility index (Phi) is 5.32. The van der Waals surface area contributed by atoms with Gasteiger partial charge in [0.1, 0.15) is 5.67 Å². The van der Waals surface area contributed by atoms with Gasteiger partial charge in [0.25, 0.3) is 0 Å². The van der Waals surface area contributed by atoms with Crippen molar-refractivity contribution in [1.29, 1.82) is 0 Å². The minimum absolute atomic E-state index is 0.143. The summed E-state index contributed by atoms with van der Waals surface area (Å²) in [4.78, 5) is 15.6. The quantitative estimate of drug-likeness (QED) is 0.454. The molecule has 1 aromatic heterocycles. The van der Waals surface area contributed by atoms with E-state index in [-0.39, 0.29) is 11.8 Å². The predicted octanol–water partition coefficient (Wildman–Crippen LogP) is 5.61. The molecule has 2 atom stereocenters. The van der Waals surface area contributed by atoms with Crippen molar-refractivity contribution in [2.24, 2.45) is 0 Å². The predicted molar refractivity (Wildman–Crippen MR) is 102 cm³/mol. The molecule has 0 aliphatic heterocycles. The average Bonchev–Trinajstić information content (AvgIpc) is 2.95. The third kappa shape index (κ3) is 4.20. The zero-order valence-corrected chi connectivity index (χ0v) is 16.4. The number of thiazole rings is 1. The Morgan fingerprint density at radius 3 is 2.92 bits per heavy atom. The van der Waals surface area contributed by atoms with E-state index in [1.54, 1.807) is 17.7 Å². The van der Waals surface area contributed by atoms with Crippen LogP contribution in [0.5, 0.6) is 0 Å². The van der Waals surface area contributed by atoms with Crippen molar-refractivity contribution in [3.05, 3.63) is 68.6 Å². The van der Waals surface area contributed by atoms with Gasteiger partial charge in [0.2, 0.25) is 5.91 Å². The van der Waals surface area contributed by atoms with Crippen molar-refractivity contribution in [1.82, 2.24) is 4.98 Å². The average molecular weight is 472 g/mol. The van der Waals surface area contributed by atoms with Crippen molar-refractivity contribution in [3.8, 4) is 0 Å². The summed E-state index contributed by atoms with van der Waals surface area (Å²) in [6.45, 7) is 0. The van der Waals surface area contributed by atoms with Gasteiger partial charge < -0.3 is 0 Å². The summed E-state index contributed by atoms with van der Waals surface area (Å²) in [5, 5.41) is 4.94. The van der Waals surface area contributed by atoms with Gasteiger partial charge in [-0.2, -0.15) is 0 Å². The van der Waals surface area contributed by atoms with E-state index in [9.17, 15) is 9.18 Å². The number of carbonyl (C=O) groups excluding carboxylic acids is 1. The zero-order chi connectivity index (χ0) is 17.2. The van der Waals surface area contributed by atoms with E-state index in [4.69, 9.17) is 0 Å². The first-order valence-electron chi connectivity index (χ1n) is 7.18. The first-order valence-corrected chi connectivity index (χ1v) is 9.65. The molecule has 0 bridgehead atoms. The minimum atomic E-state index is -1.34. The number of carbonyl (C=O) groups is 1. The lowest BCUT2D eigenvalue weighted by Crippen LogP contribution is -2.07. The summed E-state index contributed by atoms with van der Waals surface area (Å²) in [5.74, 6) is -0.428. The SMILES string of the molecule is O=C(/C=C/C=C/C1(F)CC1c1ccc(Br)c(Br)c1)Nc1nccs1. The van der Waals surface area contributed by atoms with Crippen LogP contribution in [0.4, 0.5) is 9.52 Å². The molecule has 0 radical (unpaired) electrons. The van der Waals surface area contributed by atoms with Crippen LogP contribution in [-0.2, 0) is 4.79 Å². The van der Waals surface area contributed by atoms with Crippen LogP contribution in [0.2, 0.25) is 0 Å². The number of aromatic nitrogens is 1. The van der Waals surface area contributed by atoms with Crippen molar-refractivity contribution >= 4 is 54.2 Å². The monoisotopic (exact) mass is 470 g/mol. The fraction of sp³-hybridized carbons (Fsp3) is 0.176. The molecule has 2 aromatic rings. The van der Waals surface area contributed by atoms with Crippen molar-refractivity contribution in [2.75, 3.05) is 5.32 Å². The number of alkyl halides is 1. The van der Waals surface area contributed by atoms with E-state index < -0.39 is 5.67 Å². The molecule has 1 amide bonds. The molecular formula is C17H13Br2FN2OS. The van der Waals surface area contributed by atoms with Crippen molar-refractivity contribution < 1.29 is 9.18 Å². The number of hydrogen-bond acceptors (Lipinski definition) is 3. The molecule has 124 valence electrons. The largest absolute Gasteiger partial charge is 0.298 e. The number of allylic oxidation sites excluding steroid dienone is 3. The highest BCUT2D eigenvalue weighted by atomic mass is 79.9. The molecule has 3 rings (SSSR count). The van der Waals surface area contributed by atoms with Gasteiger partial charge in [-0.1, -0.05) is 18.2 Å². The van der Waals surface area contributed by atoms with Gasteiger partial charge in [-0.25, -0.2) is 9.37 Å². The lowest BCUT2D eigenvalue weighted by atomic mass is 10.1. The van der Waals surface area contributed by atoms with E-state index in [0.717, 1.165) is 14.5 Å². The molecule has 3 nitrogen and oxygen atoms in total. The molecule has 1 saturated carbocycles. The molecule has 7 heteroatoms. The Bertz CT molecular complexity index is 807. The van der Waals surface area contributed by atoms with Gasteiger partial charge >= 0.3 is 0 Å². The van der Waals surface area contributed by atoms with Crippen LogP contribution in [0.3, 0.4) is 0 Å². The molecule has 1 aliphatic carbocycles. The second-order valence-electron chi connectivity index (χ2n) is 5.40. The van der Waals surface area contributed by atoms with Crippen molar-refractivity contribution in [3.63, 3.8) is 0 Å². The summed E-state index contributed by atoms with van der Waals surface area (Å²) >= 11 is 8.19. The molecule has 1 aliphatic rings. The standard InChI is InChI=1S/C17H13Br2FN2OS/c18-13-5-4-11(9-14(13)19)12-10-17(12,20)6-2-1-3-15(23)22-16-21-7-8-24-16/h1-9,12H,10H2,(H,21,22,23)/b3-1+,6-2+. The molecule has 24 heavy (non-hydrogen) atoms. The van der Waals surface area contributed by atoms with Crippen molar-refractivity contribution in [2.45, 2.75) is 18.0 Å². The first kappa shape index (κ1) is 17.5. The lowest BCUT2D eigenvalue weighted by molar-refractivity contribution is -0.111. The van der Waals surface area contributed by atoms with Gasteiger partial charge in [0, 0.05) is 32.5 Å². The van der Waals surface area contributed by atoms with E-state index in [1.807, 2.05) is 18.2 Å². The van der Waals surface area contributed by atoms with E-state index in [0.29, 0.717) is 11.6 Å². The van der Waals surface area contributed by atoms with Crippen LogP contribution < -0.4 is 5.32 Å². The normalized spacial score (nSPS) is 23.0. The van der Waals surface area contributed by atoms with E-state index >= 15 is 0 Å². The molecular weight excluding hydrogens is 459 g/mol. The summed E-state index contributed by atoms with van der Waals surface area (Å²) < 4.78 is 16.5. The first-order chi connectivity index (χ1) is 11.5. The summed E-state index contributed by atoms with van der Waals surface area (Å²) in [7, 11) is 0. The zero-order valence-electron chi connectivity index (χ0n) is 12.4. The molecule has 0 saturated heterocycles. The maximum atomic E-state index is 14.7. The number of hydrogen-bond donors (Lipinski definition) is 1. The topological polar surface area (TPSA) is 42.0 Å². The maximum absolute atomic E-state index is 14.7. The molecule has 1 aromatic carbocycles.